The molecule has 1 aromatic heterocycles. The highest BCUT2D eigenvalue weighted by molar-refractivity contribution is 7.92. The molecule has 1 amide bonds. The average Bonchev–Trinajstić information content (AvgIpc) is 3.05. The van der Waals surface area contributed by atoms with Crippen molar-refractivity contribution in [2.45, 2.75) is 18.7 Å². The van der Waals surface area contributed by atoms with Crippen molar-refractivity contribution in [3.05, 3.63) is 59.4 Å². The molecule has 1 N–H and O–H groups in total. The molecule has 0 bridgehead atoms. The number of amides is 1. The van der Waals surface area contributed by atoms with Crippen molar-refractivity contribution >= 4 is 21.8 Å². The molecule has 3 rings (SSSR count). The van der Waals surface area contributed by atoms with Crippen LogP contribution in [-0.4, -0.2) is 30.3 Å². The van der Waals surface area contributed by atoms with Gasteiger partial charge in [-0.3, -0.25) is 10.1 Å². The molecule has 0 aliphatic heterocycles. The lowest BCUT2D eigenvalue weighted by atomic mass is 10.1. The number of nitrogens with zero attached hydrogens (tertiary/aromatic N) is 2. The Kier molecular flexibility index (Phi) is 5.04. The van der Waals surface area contributed by atoms with Gasteiger partial charge in [-0.25, -0.2) is 12.8 Å². The molecule has 9 heteroatoms. The van der Waals surface area contributed by atoms with E-state index >= 15 is 0 Å². The molecule has 140 valence electrons. The summed E-state index contributed by atoms with van der Waals surface area (Å²) in [6.45, 7) is 3.92. The molecule has 0 atom stereocenters. The minimum atomic E-state index is -3.92. The molecule has 0 saturated carbocycles. The highest BCUT2D eigenvalue weighted by Crippen LogP contribution is 2.22. The molecule has 7 nitrogen and oxygen atoms in total. The second-order valence-electron chi connectivity index (χ2n) is 5.97. The molecule has 27 heavy (non-hydrogen) atoms. The van der Waals surface area contributed by atoms with E-state index < -0.39 is 27.3 Å². The highest BCUT2D eigenvalue weighted by Gasteiger charge is 2.21. The van der Waals surface area contributed by atoms with E-state index in [0.29, 0.717) is 5.56 Å². The van der Waals surface area contributed by atoms with Crippen LogP contribution in [0.3, 0.4) is 0 Å². The fourth-order valence-corrected chi connectivity index (χ4v) is 3.45. The van der Waals surface area contributed by atoms with E-state index in [0.717, 1.165) is 35.4 Å². The van der Waals surface area contributed by atoms with Crippen molar-refractivity contribution in [3.8, 4) is 11.5 Å². The maximum atomic E-state index is 12.9. The average molecular weight is 389 g/mol. The third kappa shape index (κ3) is 4.37. The summed E-state index contributed by atoms with van der Waals surface area (Å²) in [6.07, 6.45) is 0. The number of anilines is 1. The number of carbonyl (C=O) groups is 1. The molecule has 0 spiro atoms. The topological polar surface area (TPSA) is 102 Å². The summed E-state index contributed by atoms with van der Waals surface area (Å²) in [5.41, 5.74) is 2.84. The third-order valence-electron chi connectivity index (χ3n) is 3.92. The first-order chi connectivity index (χ1) is 12.7. The molecule has 0 unspecified atom stereocenters. The van der Waals surface area contributed by atoms with Crippen molar-refractivity contribution < 1.29 is 22.0 Å². The standard InChI is InChI=1S/C18H16FN3O4S/c1-11-3-4-13(9-12(11)2)17-21-22-18(26-17)20-16(23)10-27(24,25)15-7-5-14(19)6-8-15/h3-9H,10H2,1-2H3,(H,20,22,23). The summed E-state index contributed by atoms with van der Waals surface area (Å²) in [5.74, 6) is -2.03. The number of rotatable bonds is 5. The van der Waals surface area contributed by atoms with Crippen LogP contribution < -0.4 is 5.32 Å². The lowest BCUT2D eigenvalue weighted by molar-refractivity contribution is -0.114. The minimum absolute atomic E-state index is 0.152. The van der Waals surface area contributed by atoms with Gasteiger partial charge in [0, 0.05) is 5.56 Å². The van der Waals surface area contributed by atoms with Gasteiger partial charge in [0.25, 0.3) is 0 Å². The molecule has 2 aromatic carbocycles. The molecule has 3 aromatic rings. The smallest absolute Gasteiger partial charge is 0.322 e. The van der Waals surface area contributed by atoms with E-state index in [9.17, 15) is 17.6 Å². The van der Waals surface area contributed by atoms with Gasteiger partial charge in [-0.1, -0.05) is 11.2 Å². The summed E-state index contributed by atoms with van der Waals surface area (Å²) in [4.78, 5) is 11.9. The SMILES string of the molecule is Cc1ccc(-c2nnc(NC(=O)CS(=O)(=O)c3ccc(F)cc3)o2)cc1C. The number of sulfone groups is 1. The zero-order valence-electron chi connectivity index (χ0n) is 14.6. The minimum Gasteiger partial charge on any atom is -0.403 e. The number of hydrogen-bond donors (Lipinski definition) is 1. The van der Waals surface area contributed by atoms with Crippen molar-refractivity contribution in [2.24, 2.45) is 0 Å². The Morgan fingerprint density at radius 1 is 1.07 bits per heavy atom. The van der Waals surface area contributed by atoms with Gasteiger partial charge in [0.2, 0.25) is 11.8 Å². The Balaban J connectivity index is 1.70. The second kappa shape index (κ2) is 7.28. The number of aryl methyl sites for hydroxylation is 2. The van der Waals surface area contributed by atoms with E-state index in [-0.39, 0.29) is 16.8 Å². The first kappa shape index (κ1) is 18.7. The molecule has 0 aliphatic carbocycles. The number of benzene rings is 2. The van der Waals surface area contributed by atoms with E-state index in [1.807, 2.05) is 26.0 Å². The van der Waals surface area contributed by atoms with E-state index in [1.54, 1.807) is 6.07 Å². The van der Waals surface area contributed by atoms with Crippen LogP contribution in [0.1, 0.15) is 11.1 Å². The zero-order valence-corrected chi connectivity index (χ0v) is 15.4. The van der Waals surface area contributed by atoms with Gasteiger partial charge in [0.1, 0.15) is 11.6 Å². The van der Waals surface area contributed by atoms with Crippen molar-refractivity contribution in [1.29, 1.82) is 0 Å². The van der Waals surface area contributed by atoms with Crippen LogP contribution in [0.2, 0.25) is 0 Å². The normalized spacial score (nSPS) is 11.4. The molecule has 0 saturated heterocycles. The van der Waals surface area contributed by atoms with Gasteiger partial charge >= 0.3 is 6.01 Å². The first-order valence-electron chi connectivity index (χ1n) is 7.94. The van der Waals surface area contributed by atoms with Gasteiger partial charge in [0.15, 0.2) is 9.84 Å². The van der Waals surface area contributed by atoms with E-state index in [4.69, 9.17) is 4.42 Å². The number of halogens is 1. The highest BCUT2D eigenvalue weighted by atomic mass is 32.2. The van der Waals surface area contributed by atoms with E-state index in [1.165, 1.54) is 0 Å². The van der Waals surface area contributed by atoms with Crippen LogP contribution in [0.4, 0.5) is 10.4 Å². The molecule has 0 radical (unpaired) electrons. The Labute approximate surface area is 155 Å². The summed E-state index contributed by atoms with van der Waals surface area (Å²) in [6, 6.07) is 9.60. The monoisotopic (exact) mass is 389 g/mol. The predicted octanol–water partition coefficient (Wildman–Crippen LogP) is 2.90. The molecule has 1 heterocycles. The van der Waals surface area contributed by atoms with Crippen molar-refractivity contribution in [2.75, 3.05) is 11.1 Å². The zero-order chi connectivity index (χ0) is 19.6. The first-order valence-corrected chi connectivity index (χ1v) is 9.59. The lowest BCUT2D eigenvalue weighted by Gasteiger charge is -2.04. The molecule has 0 aliphatic rings. The molecular weight excluding hydrogens is 373 g/mol. The van der Waals surface area contributed by atoms with Crippen LogP contribution in [0, 0.1) is 19.7 Å². The lowest BCUT2D eigenvalue weighted by Crippen LogP contribution is -2.23. The van der Waals surface area contributed by atoms with Gasteiger partial charge in [-0.2, -0.15) is 0 Å². The van der Waals surface area contributed by atoms with Gasteiger partial charge in [-0.05, 0) is 61.4 Å². The number of hydrogen-bond acceptors (Lipinski definition) is 6. The quantitative estimate of drug-likeness (QED) is 0.673. The van der Waals surface area contributed by atoms with E-state index in [2.05, 4.69) is 15.5 Å². The number of carbonyl (C=O) groups excluding carboxylic acids is 1. The predicted molar refractivity (Wildman–Crippen MR) is 96.3 cm³/mol. The van der Waals surface area contributed by atoms with Crippen molar-refractivity contribution in [3.63, 3.8) is 0 Å². The Morgan fingerprint density at radius 3 is 2.44 bits per heavy atom. The van der Waals surface area contributed by atoms with Crippen LogP contribution >= 0.6 is 0 Å². The van der Waals surface area contributed by atoms with Gasteiger partial charge in [0.05, 0.1) is 4.90 Å². The Hall–Kier alpha value is -3.07. The van der Waals surface area contributed by atoms with Crippen LogP contribution in [-0.2, 0) is 14.6 Å². The van der Waals surface area contributed by atoms with Crippen LogP contribution in [0.5, 0.6) is 0 Å². The fraction of sp³-hybridized carbons (Fsp3) is 0.167. The Morgan fingerprint density at radius 2 is 1.78 bits per heavy atom. The second-order valence-corrected chi connectivity index (χ2v) is 7.96. The number of aromatic nitrogens is 2. The third-order valence-corrected chi connectivity index (χ3v) is 5.55. The maximum absolute atomic E-state index is 12.9. The number of nitrogens with one attached hydrogen (secondary N) is 1. The van der Waals surface area contributed by atoms with Gasteiger partial charge < -0.3 is 4.42 Å². The van der Waals surface area contributed by atoms with Crippen LogP contribution in [0.15, 0.2) is 51.8 Å². The largest absolute Gasteiger partial charge is 0.403 e. The summed E-state index contributed by atoms with van der Waals surface area (Å²) >= 11 is 0. The van der Waals surface area contributed by atoms with Crippen molar-refractivity contribution in [1.82, 2.24) is 10.2 Å². The Bertz CT molecular complexity index is 1090. The molecular formula is C18H16FN3O4S. The van der Waals surface area contributed by atoms with Gasteiger partial charge in [-0.15, -0.1) is 5.10 Å². The summed E-state index contributed by atoms with van der Waals surface area (Å²) in [7, 11) is -3.92. The fourth-order valence-electron chi connectivity index (χ4n) is 2.32. The summed E-state index contributed by atoms with van der Waals surface area (Å²) < 4.78 is 42.7. The maximum Gasteiger partial charge on any atom is 0.322 e. The van der Waals surface area contributed by atoms with Crippen LogP contribution in [0.25, 0.3) is 11.5 Å². The summed E-state index contributed by atoms with van der Waals surface area (Å²) in [5, 5.41) is 9.82. The molecule has 0 fully saturated rings.